The summed E-state index contributed by atoms with van der Waals surface area (Å²) >= 11 is 1.65. The average molecular weight is 197 g/mol. The Bertz CT molecular complexity index is 301. The van der Waals surface area contributed by atoms with Gasteiger partial charge in [-0.3, -0.25) is 0 Å². The summed E-state index contributed by atoms with van der Waals surface area (Å²) in [6.45, 7) is 0.240. The Hall–Kier alpha value is -1.16. The second kappa shape index (κ2) is 4.77. The van der Waals surface area contributed by atoms with E-state index in [1.165, 1.54) is 0 Å². The number of carbonyl (C=O) groups excluding carboxylic acids is 1. The Morgan fingerprint density at radius 2 is 2.38 bits per heavy atom. The number of rotatable bonds is 3. The summed E-state index contributed by atoms with van der Waals surface area (Å²) in [5.74, 6) is 0. The van der Waals surface area contributed by atoms with Gasteiger partial charge in [0, 0.05) is 4.90 Å². The Kier molecular flexibility index (Phi) is 3.64. The van der Waals surface area contributed by atoms with E-state index in [2.05, 4.69) is 4.74 Å². The van der Waals surface area contributed by atoms with Gasteiger partial charge in [-0.15, -0.1) is 11.8 Å². The van der Waals surface area contributed by atoms with E-state index in [9.17, 15) is 4.79 Å². The number of amides is 1. The third-order valence-corrected chi connectivity index (χ3v) is 2.24. The van der Waals surface area contributed by atoms with E-state index in [-0.39, 0.29) is 6.61 Å². The number of hydrogen-bond acceptors (Lipinski definition) is 3. The molecule has 0 aliphatic heterocycles. The van der Waals surface area contributed by atoms with Gasteiger partial charge in [0.25, 0.3) is 0 Å². The van der Waals surface area contributed by atoms with Gasteiger partial charge < -0.3 is 10.5 Å². The molecule has 0 spiro atoms. The maximum atomic E-state index is 10.3. The van der Waals surface area contributed by atoms with Crippen LogP contribution in [0.25, 0.3) is 0 Å². The van der Waals surface area contributed by atoms with Gasteiger partial charge in [0.15, 0.2) is 0 Å². The molecule has 3 nitrogen and oxygen atoms in total. The van der Waals surface area contributed by atoms with Gasteiger partial charge in [-0.2, -0.15) is 0 Å². The van der Waals surface area contributed by atoms with Crippen molar-refractivity contribution in [1.29, 1.82) is 0 Å². The highest BCUT2D eigenvalue weighted by Crippen LogP contribution is 2.16. The van der Waals surface area contributed by atoms with E-state index < -0.39 is 6.09 Å². The van der Waals surface area contributed by atoms with Gasteiger partial charge in [-0.05, 0) is 24.0 Å². The topological polar surface area (TPSA) is 52.3 Å². The second-order valence-electron chi connectivity index (χ2n) is 2.46. The molecule has 13 heavy (non-hydrogen) atoms. The second-order valence-corrected chi connectivity index (χ2v) is 3.34. The minimum absolute atomic E-state index is 0.240. The predicted octanol–water partition coefficient (Wildman–Crippen LogP) is 2.00. The number of thioether (sulfide) groups is 1. The molecule has 0 atom stereocenters. The van der Waals surface area contributed by atoms with Crippen LogP contribution in [0.15, 0.2) is 29.2 Å². The van der Waals surface area contributed by atoms with E-state index in [1.807, 2.05) is 30.5 Å². The SMILES string of the molecule is CSc1cccc(COC(N)=O)c1. The molecule has 0 unspecified atom stereocenters. The van der Waals surface area contributed by atoms with Crippen LogP contribution in [-0.2, 0) is 11.3 Å². The van der Waals surface area contributed by atoms with Gasteiger partial charge in [0.1, 0.15) is 6.61 Å². The van der Waals surface area contributed by atoms with Crippen LogP contribution in [0.5, 0.6) is 0 Å². The lowest BCUT2D eigenvalue weighted by atomic mass is 10.2. The molecular formula is C9H11NO2S. The molecule has 1 rings (SSSR count). The Labute approximate surface area is 81.3 Å². The van der Waals surface area contributed by atoms with Crippen molar-refractivity contribution in [2.75, 3.05) is 6.26 Å². The molecule has 0 bridgehead atoms. The molecule has 0 saturated heterocycles. The number of nitrogens with two attached hydrogens (primary N) is 1. The fourth-order valence-electron chi connectivity index (χ4n) is 0.917. The lowest BCUT2D eigenvalue weighted by molar-refractivity contribution is 0.150. The van der Waals surface area contributed by atoms with Crippen LogP contribution in [0.3, 0.4) is 0 Å². The van der Waals surface area contributed by atoms with Crippen LogP contribution in [0.1, 0.15) is 5.56 Å². The van der Waals surface area contributed by atoms with Crippen molar-refractivity contribution in [3.8, 4) is 0 Å². The fraction of sp³-hybridized carbons (Fsp3) is 0.222. The maximum absolute atomic E-state index is 10.3. The van der Waals surface area contributed by atoms with E-state index in [0.29, 0.717) is 0 Å². The van der Waals surface area contributed by atoms with Crippen molar-refractivity contribution >= 4 is 17.9 Å². The normalized spacial score (nSPS) is 9.62. The lowest BCUT2D eigenvalue weighted by Crippen LogP contribution is -2.12. The predicted molar refractivity (Wildman–Crippen MR) is 52.6 cm³/mol. The number of ether oxygens (including phenoxy) is 1. The molecule has 0 aliphatic rings. The van der Waals surface area contributed by atoms with Gasteiger partial charge in [-0.1, -0.05) is 12.1 Å². The number of hydrogen-bond donors (Lipinski definition) is 1. The largest absolute Gasteiger partial charge is 0.445 e. The first-order chi connectivity index (χ1) is 6.22. The molecule has 0 fully saturated rings. The molecule has 0 radical (unpaired) electrons. The van der Waals surface area contributed by atoms with Crippen LogP contribution in [0.2, 0.25) is 0 Å². The molecule has 0 heterocycles. The van der Waals surface area contributed by atoms with Gasteiger partial charge in [-0.25, -0.2) is 4.79 Å². The van der Waals surface area contributed by atoms with E-state index >= 15 is 0 Å². The molecule has 4 heteroatoms. The summed E-state index contributed by atoms with van der Waals surface area (Å²) in [4.78, 5) is 11.5. The number of benzene rings is 1. The standard InChI is InChI=1S/C9H11NO2S/c1-13-8-4-2-3-7(5-8)6-12-9(10)11/h2-5H,6H2,1H3,(H2,10,11). The minimum atomic E-state index is -0.741. The average Bonchev–Trinajstić information content (AvgIpc) is 2.15. The fourth-order valence-corrected chi connectivity index (χ4v) is 1.40. The summed E-state index contributed by atoms with van der Waals surface area (Å²) in [5.41, 5.74) is 5.79. The molecule has 2 N–H and O–H groups in total. The third kappa shape index (κ3) is 3.38. The molecule has 1 amide bonds. The summed E-state index contributed by atoms with van der Waals surface area (Å²) < 4.78 is 4.66. The smallest absolute Gasteiger partial charge is 0.404 e. The highest BCUT2D eigenvalue weighted by molar-refractivity contribution is 7.98. The van der Waals surface area contributed by atoms with E-state index in [1.54, 1.807) is 11.8 Å². The van der Waals surface area contributed by atoms with E-state index in [4.69, 9.17) is 5.73 Å². The van der Waals surface area contributed by atoms with Crippen molar-refractivity contribution in [1.82, 2.24) is 0 Å². The zero-order chi connectivity index (χ0) is 9.68. The highest BCUT2D eigenvalue weighted by atomic mass is 32.2. The molecule has 70 valence electrons. The first kappa shape index (κ1) is 9.92. The van der Waals surface area contributed by atoms with Crippen molar-refractivity contribution in [3.05, 3.63) is 29.8 Å². The molecule has 0 aromatic heterocycles. The Morgan fingerprint density at radius 3 is 3.00 bits per heavy atom. The first-order valence-electron chi connectivity index (χ1n) is 3.77. The Morgan fingerprint density at radius 1 is 1.62 bits per heavy atom. The van der Waals surface area contributed by atoms with E-state index in [0.717, 1.165) is 10.5 Å². The first-order valence-corrected chi connectivity index (χ1v) is 5.00. The maximum Gasteiger partial charge on any atom is 0.404 e. The van der Waals surface area contributed by atoms with Gasteiger partial charge >= 0.3 is 6.09 Å². The third-order valence-electron chi connectivity index (χ3n) is 1.52. The highest BCUT2D eigenvalue weighted by Gasteiger charge is 1.97. The summed E-state index contributed by atoms with van der Waals surface area (Å²) in [6.07, 6.45) is 1.25. The zero-order valence-electron chi connectivity index (χ0n) is 7.32. The Balaban J connectivity index is 2.61. The molecule has 0 aliphatic carbocycles. The van der Waals surface area contributed by atoms with Crippen LogP contribution >= 0.6 is 11.8 Å². The minimum Gasteiger partial charge on any atom is -0.445 e. The lowest BCUT2D eigenvalue weighted by Gasteiger charge is -2.02. The van der Waals surface area contributed by atoms with Gasteiger partial charge in [0.05, 0.1) is 0 Å². The monoisotopic (exact) mass is 197 g/mol. The van der Waals surface area contributed by atoms with Crippen LogP contribution in [-0.4, -0.2) is 12.3 Å². The molecule has 0 saturated carbocycles. The molecule has 1 aromatic carbocycles. The van der Waals surface area contributed by atoms with Gasteiger partial charge in [0.2, 0.25) is 0 Å². The van der Waals surface area contributed by atoms with Crippen molar-refractivity contribution < 1.29 is 9.53 Å². The summed E-state index contributed by atoms with van der Waals surface area (Å²) in [7, 11) is 0. The van der Waals surface area contributed by atoms with Crippen LogP contribution in [0.4, 0.5) is 4.79 Å². The molecular weight excluding hydrogens is 186 g/mol. The molecule has 1 aromatic rings. The van der Waals surface area contributed by atoms with Crippen molar-refractivity contribution in [3.63, 3.8) is 0 Å². The van der Waals surface area contributed by atoms with Crippen molar-refractivity contribution in [2.24, 2.45) is 5.73 Å². The number of primary amides is 1. The number of carbonyl (C=O) groups is 1. The zero-order valence-corrected chi connectivity index (χ0v) is 8.14. The van der Waals surface area contributed by atoms with Crippen LogP contribution < -0.4 is 5.73 Å². The van der Waals surface area contributed by atoms with Crippen molar-refractivity contribution in [2.45, 2.75) is 11.5 Å². The van der Waals surface area contributed by atoms with Crippen LogP contribution in [0, 0.1) is 0 Å². The summed E-state index contributed by atoms with van der Waals surface area (Å²) in [5, 5.41) is 0. The summed E-state index contributed by atoms with van der Waals surface area (Å²) in [6, 6.07) is 7.78. The quantitative estimate of drug-likeness (QED) is 0.754.